The van der Waals surface area contributed by atoms with Crippen molar-refractivity contribution in [2.24, 2.45) is 0 Å². The molecule has 0 N–H and O–H groups in total. The van der Waals surface area contributed by atoms with Gasteiger partial charge in [0, 0.05) is 0 Å². The average Bonchev–Trinajstić information content (AvgIpc) is 2.14. The molecule has 1 aromatic rings. The van der Waals surface area contributed by atoms with Gasteiger partial charge in [0.05, 0.1) is 10.7 Å². The number of halogens is 1. The summed E-state index contributed by atoms with van der Waals surface area (Å²) in [5.74, 6) is 0.782. The Balaban J connectivity index is 3.09. The van der Waals surface area contributed by atoms with Gasteiger partial charge in [-0.25, -0.2) is 0 Å². The average molecular weight is 173 g/mol. The Kier molecular flexibility index (Phi) is 1.53. The lowest BCUT2D eigenvalue weighted by molar-refractivity contribution is 0.555. The van der Waals surface area contributed by atoms with Crippen LogP contribution < -0.4 is 0 Å². The molecule has 8 heavy (non-hydrogen) atoms. The normalized spacial score (nSPS) is 9.12. The maximum Gasteiger partial charge on any atom is 0.140 e. The second kappa shape index (κ2) is 2.18. The van der Waals surface area contributed by atoms with Crippen molar-refractivity contribution >= 4 is 22.0 Å². The van der Waals surface area contributed by atoms with E-state index in [1.807, 2.05) is 6.07 Å². The predicted octanol–water partition coefficient (Wildman–Crippen LogP) is 2.69. The van der Waals surface area contributed by atoms with E-state index in [0.717, 1.165) is 10.2 Å². The molecule has 0 radical (unpaired) electrons. The molecule has 0 bridgehead atoms. The van der Waals surface area contributed by atoms with Crippen LogP contribution in [-0.4, -0.2) is 0 Å². The molecule has 0 saturated carbocycles. The highest BCUT2D eigenvalue weighted by Gasteiger charge is 1.94. The Bertz CT molecular complexity index is 190. The molecule has 0 amide bonds. The third-order valence-electron chi connectivity index (χ3n) is 0.830. The lowest BCUT2D eigenvalue weighted by atomic mass is 10.4. The summed E-state index contributed by atoms with van der Waals surface area (Å²) in [7, 11) is 0. The Morgan fingerprint density at radius 2 is 2.50 bits per heavy atom. The third kappa shape index (κ3) is 0.842. The summed E-state index contributed by atoms with van der Waals surface area (Å²) >= 11 is 3.26. The summed E-state index contributed by atoms with van der Waals surface area (Å²) in [6, 6.07) is 1.83. The van der Waals surface area contributed by atoms with Gasteiger partial charge in [0.2, 0.25) is 0 Å². The van der Waals surface area contributed by atoms with Crippen molar-refractivity contribution in [3.8, 4) is 0 Å². The van der Waals surface area contributed by atoms with E-state index in [-0.39, 0.29) is 0 Å². The molecule has 0 aromatic carbocycles. The topological polar surface area (TPSA) is 13.1 Å². The third-order valence-corrected chi connectivity index (χ3v) is 1.49. The lowest BCUT2D eigenvalue weighted by Crippen LogP contribution is -1.58. The van der Waals surface area contributed by atoms with Crippen LogP contribution in [-0.2, 0) is 0 Å². The van der Waals surface area contributed by atoms with Crippen molar-refractivity contribution in [3.05, 3.63) is 29.1 Å². The summed E-state index contributed by atoms with van der Waals surface area (Å²) in [5.41, 5.74) is 0. The Morgan fingerprint density at radius 3 is 2.75 bits per heavy atom. The van der Waals surface area contributed by atoms with Gasteiger partial charge in [0.25, 0.3) is 0 Å². The van der Waals surface area contributed by atoms with Gasteiger partial charge in [-0.1, -0.05) is 6.58 Å². The summed E-state index contributed by atoms with van der Waals surface area (Å²) < 4.78 is 5.90. The minimum Gasteiger partial charge on any atom is -0.464 e. The van der Waals surface area contributed by atoms with Crippen LogP contribution in [0.4, 0.5) is 0 Å². The van der Waals surface area contributed by atoms with Gasteiger partial charge in [-0.3, -0.25) is 0 Å². The molecule has 0 fully saturated rings. The monoisotopic (exact) mass is 172 g/mol. The van der Waals surface area contributed by atoms with Crippen molar-refractivity contribution < 1.29 is 4.42 Å². The second-order valence-corrected chi connectivity index (χ2v) is 2.19. The van der Waals surface area contributed by atoms with Gasteiger partial charge in [-0.2, -0.15) is 0 Å². The van der Waals surface area contributed by atoms with Gasteiger partial charge in [0.15, 0.2) is 0 Å². The van der Waals surface area contributed by atoms with Crippen LogP contribution in [0.2, 0.25) is 0 Å². The molecule has 0 spiro atoms. The van der Waals surface area contributed by atoms with Crippen LogP contribution >= 0.6 is 15.9 Å². The van der Waals surface area contributed by atoms with E-state index in [1.165, 1.54) is 0 Å². The molecule has 42 valence electrons. The van der Waals surface area contributed by atoms with Crippen molar-refractivity contribution in [3.63, 3.8) is 0 Å². The van der Waals surface area contributed by atoms with Gasteiger partial charge >= 0.3 is 0 Å². The zero-order valence-corrected chi connectivity index (χ0v) is 5.81. The fraction of sp³-hybridized carbons (Fsp3) is 0. The smallest absolute Gasteiger partial charge is 0.140 e. The zero-order valence-electron chi connectivity index (χ0n) is 4.23. The first kappa shape index (κ1) is 5.63. The Morgan fingerprint density at radius 1 is 1.75 bits per heavy atom. The van der Waals surface area contributed by atoms with E-state index in [2.05, 4.69) is 22.5 Å². The second-order valence-electron chi connectivity index (χ2n) is 1.34. The molecule has 1 heterocycles. The van der Waals surface area contributed by atoms with Crippen molar-refractivity contribution in [2.45, 2.75) is 0 Å². The summed E-state index contributed by atoms with van der Waals surface area (Å²) in [6.45, 7) is 3.54. The largest absolute Gasteiger partial charge is 0.464 e. The predicted molar refractivity (Wildman–Crippen MR) is 36.5 cm³/mol. The molecule has 0 saturated heterocycles. The molecular weight excluding hydrogens is 168 g/mol. The standard InChI is InChI=1S/C6H5BrO/c1-2-6-5(7)3-4-8-6/h2-4H,1H2. The molecule has 0 aliphatic carbocycles. The number of rotatable bonds is 1. The maximum atomic E-state index is 4.95. The van der Waals surface area contributed by atoms with Crippen molar-refractivity contribution in [1.29, 1.82) is 0 Å². The van der Waals surface area contributed by atoms with Gasteiger partial charge in [0.1, 0.15) is 5.76 Å². The van der Waals surface area contributed by atoms with E-state index < -0.39 is 0 Å². The summed E-state index contributed by atoms with van der Waals surface area (Å²) in [5, 5.41) is 0. The van der Waals surface area contributed by atoms with Crippen molar-refractivity contribution in [1.82, 2.24) is 0 Å². The lowest BCUT2D eigenvalue weighted by Gasteiger charge is -1.80. The number of hydrogen-bond donors (Lipinski definition) is 0. The minimum atomic E-state index is 0.782. The molecule has 1 nitrogen and oxygen atoms in total. The van der Waals surface area contributed by atoms with E-state index in [4.69, 9.17) is 4.42 Å². The highest BCUT2D eigenvalue weighted by molar-refractivity contribution is 9.10. The summed E-state index contributed by atoms with van der Waals surface area (Å²) in [4.78, 5) is 0. The minimum absolute atomic E-state index is 0.782. The highest BCUT2D eigenvalue weighted by Crippen LogP contribution is 2.17. The van der Waals surface area contributed by atoms with Crippen LogP contribution in [0.3, 0.4) is 0 Å². The molecule has 0 aliphatic heterocycles. The first-order valence-corrected chi connectivity index (χ1v) is 2.99. The first-order chi connectivity index (χ1) is 3.84. The van der Waals surface area contributed by atoms with E-state index in [9.17, 15) is 0 Å². The SMILES string of the molecule is C=Cc1occc1Br. The van der Waals surface area contributed by atoms with Crippen LogP contribution in [0.15, 0.2) is 27.8 Å². The number of hydrogen-bond acceptors (Lipinski definition) is 1. The molecule has 0 unspecified atom stereocenters. The number of furan rings is 1. The molecule has 1 rings (SSSR count). The van der Waals surface area contributed by atoms with Crippen LogP contribution in [0, 0.1) is 0 Å². The fourth-order valence-electron chi connectivity index (χ4n) is 0.451. The first-order valence-electron chi connectivity index (χ1n) is 2.20. The van der Waals surface area contributed by atoms with Crippen LogP contribution in [0.5, 0.6) is 0 Å². The van der Waals surface area contributed by atoms with Gasteiger partial charge in [-0.05, 0) is 28.1 Å². The summed E-state index contributed by atoms with van der Waals surface area (Å²) in [6.07, 6.45) is 3.27. The van der Waals surface area contributed by atoms with E-state index >= 15 is 0 Å². The molecule has 1 aromatic heterocycles. The maximum absolute atomic E-state index is 4.95. The van der Waals surface area contributed by atoms with Crippen LogP contribution in [0.25, 0.3) is 6.08 Å². The Hall–Kier alpha value is -0.500. The van der Waals surface area contributed by atoms with Gasteiger partial charge < -0.3 is 4.42 Å². The molecular formula is C6H5BrO. The Labute approximate surface area is 56.1 Å². The van der Waals surface area contributed by atoms with E-state index in [1.54, 1.807) is 12.3 Å². The van der Waals surface area contributed by atoms with Crippen LogP contribution in [0.1, 0.15) is 5.76 Å². The quantitative estimate of drug-likeness (QED) is 0.636. The molecule has 2 heteroatoms. The molecule has 0 aliphatic rings. The van der Waals surface area contributed by atoms with Gasteiger partial charge in [-0.15, -0.1) is 0 Å². The zero-order chi connectivity index (χ0) is 5.98. The fourth-order valence-corrected chi connectivity index (χ4v) is 0.814. The van der Waals surface area contributed by atoms with E-state index in [0.29, 0.717) is 0 Å². The van der Waals surface area contributed by atoms with Crippen molar-refractivity contribution in [2.75, 3.05) is 0 Å². The molecule has 0 atom stereocenters. The highest BCUT2D eigenvalue weighted by atomic mass is 79.9.